The molecule has 6 heteroatoms. The Kier molecular flexibility index (Phi) is 5.65. The summed E-state index contributed by atoms with van der Waals surface area (Å²) in [5, 5.41) is 3.74. The fourth-order valence-electron chi connectivity index (χ4n) is 4.45. The quantitative estimate of drug-likeness (QED) is 0.503. The van der Waals surface area contributed by atoms with E-state index in [0.29, 0.717) is 27.4 Å². The second-order valence-electron chi connectivity index (χ2n) is 8.31. The van der Waals surface area contributed by atoms with Gasteiger partial charge in [0.25, 0.3) is 11.8 Å². The van der Waals surface area contributed by atoms with Gasteiger partial charge in [0, 0.05) is 29.5 Å². The Bertz CT molecular complexity index is 1250. The minimum atomic E-state index is -0.396. The highest BCUT2D eigenvalue weighted by Gasteiger charge is 2.41. The van der Waals surface area contributed by atoms with Crippen molar-refractivity contribution >= 4 is 46.1 Å². The molecule has 1 saturated heterocycles. The molecule has 0 atom stereocenters. The van der Waals surface area contributed by atoms with Crippen LogP contribution >= 0.6 is 11.6 Å². The van der Waals surface area contributed by atoms with E-state index < -0.39 is 5.91 Å². The lowest BCUT2D eigenvalue weighted by atomic mass is 10.0. The third kappa shape index (κ3) is 3.89. The largest absolute Gasteiger partial charge is 0.372 e. The number of nitrogens with one attached hydrogen (secondary N) is 1. The number of nitrogens with zero attached hydrogens (tertiary/aromatic N) is 2. The van der Waals surface area contributed by atoms with Crippen LogP contribution in [0.2, 0.25) is 5.02 Å². The van der Waals surface area contributed by atoms with E-state index in [1.807, 2.05) is 49.4 Å². The van der Waals surface area contributed by atoms with E-state index in [-0.39, 0.29) is 11.6 Å². The molecule has 0 aliphatic carbocycles. The van der Waals surface area contributed by atoms with Crippen LogP contribution in [0.1, 0.15) is 24.0 Å². The molecule has 33 heavy (non-hydrogen) atoms. The lowest BCUT2D eigenvalue weighted by Crippen LogP contribution is -2.33. The summed E-state index contributed by atoms with van der Waals surface area (Å²) in [5.41, 5.74) is 4.40. The molecule has 0 radical (unpaired) electrons. The summed E-state index contributed by atoms with van der Waals surface area (Å²) >= 11 is 6.29. The average Bonchev–Trinajstić information content (AvgIpc) is 3.45. The SMILES string of the molecule is Cc1c(Cl)cccc1N1C(=O)C(Nc2ccc(N3CCCC3)cc2)=C(c2ccccc2)C1=O. The molecule has 1 fully saturated rings. The van der Waals surface area contributed by atoms with Crippen LogP contribution in [0, 0.1) is 6.92 Å². The van der Waals surface area contributed by atoms with Gasteiger partial charge < -0.3 is 10.2 Å². The van der Waals surface area contributed by atoms with Gasteiger partial charge in [0.05, 0.1) is 11.3 Å². The number of carbonyl (C=O) groups is 2. The highest BCUT2D eigenvalue weighted by atomic mass is 35.5. The summed E-state index contributed by atoms with van der Waals surface area (Å²) in [7, 11) is 0. The first kappa shape index (κ1) is 21.3. The highest BCUT2D eigenvalue weighted by Crippen LogP contribution is 2.36. The van der Waals surface area contributed by atoms with Gasteiger partial charge >= 0.3 is 0 Å². The van der Waals surface area contributed by atoms with E-state index in [1.165, 1.54) is 23.4 Å². The Morgan fingerprint density at radius 3 is 2.21 bits per heavy atom. The molecule has 0 bridgehead atoms. The van der Waals surface area contributed by atoms with Crippen LogP contribution < -0.4 is 15.1 Å². The van der Waals surface area contributed by atoms with Gasteiger partial charge in [-0.1, -0.05) is 48.0 Å². The topological polar surface area (TPSA) is 52.7 Å². The Balaban J connectivity index is 1.53. The normalized spacial score (nSPS) is 16.2. The molecule has 2 amide bonds. The number of benzene rings is 3. The molecule has 2 aliphatic heterocycles. The van der Waals surface area contributed by atoms with Gasteiger partial charge in [-0.05, 0) is 67.3 Å². The molecular formula is C27H24ClN3O2. The first-order valence-electron chi connectivity index (χ1n) is 11.1. The molecule has 3 aromatic rings. The standard InChI is InChI=1S/C27H24ClN3O2/c1-18-22(28)10-7-11-23(18)31-26(32)24(19-8-3-2-4-9-19)25(27(31)33)29-20-12-14-21(15-13-20)30-16-5-6-17-30/h2-4,7-15,29H,5-6,16-17H2,1H3. The Morgan fingerprint density at radius 2 is 1.52 bits per heavy atom. The summed E-state index contributed by atoms with van der Waals surface area (Å²) in [5.74, 6) is -0.763. The fourth-order valence-corrected chi connectivity index (χ4v) is 4.62. The van der Waals surface area contributed by atoms with E-state index in [0.717, 1.165) is 18.8 Å². The maximum Gasteiger partial charge on any atom is 0.282 e. The molecule has 2 heterocycles. The summed E-state index contributed by atoms with van der Waals surface area (Å²) < 4.78 is 0. The molecule has 0 spiro atoms. The van der Waals surface area contributed by atoms with Gasteiger partial charge in [0.1, 0.15) is 5.70 Å². The Hall–Kier alpha value is -3.57. The van der Waals surface area contributed by atoms with Crippen LogP contribution in [0.4, 0.5) is 17.1 Å². The number of carbonyl (C=O) groups excluding carboxylic acids is 2. The molecule has 0 unspecified atom stereocenters. The van der Waals surface area contributed by atoms with E-state index in [4.69, 9.17) is 11.6 Å². The second-order valence-corrected chi connectivity index (χ2v) is 8.72. The van der Waals surface area contributed by atoms with Gasteiger partial charge in [-0.15, -0.1) is 0 Å². The van der Waals surface area contributed by atoms with Crippen LogP contribution in [0.15, 0.2) is 78.5 Å². The molecule has 2 aliphatic rings. The first-order valence-corrected chi connectivity index (χ1v) is 11.5. The molecule has 0 aromatic heterocycles. The zero-order chi connectivity index (χ0) is 22.9. The van der Waals surface area contributed by atoms with Crippen LogP contribution in [0.25, 0.3) is 5.57 Å². The third-order valence-electron chi connectivity index (χ3n) is 6.23. The first-order chi connectivity index (χ1) is 16.0. The van der Waals surface area contributed by atoms with Crippen LogP contribution in [-0.2, 0) is 9.59 Å². The highest BCUT2D eigenvalue weighted by molar-refractivity contribution is 6.46. The van der Waals surface area contributed by atoms with Crippen LogP contribution in [-0.4, -0.2) is 24.9 Å². The van der Waals surface area contributed by atoms with Crippen molar-refractivity contribution in [2.24, 2.45) is 0 Å². The van der Waals surface area contributed by atoms with Crippen molar-refractivity contribution in [1.82, 2.24) is 0 Å². The molecule has 5 rings (SSSR count). The van der Waals surface area contributed by atoms with Crippen molar-refractivity contribution in [2.75, 3.05) is 28.2 Å². The Morgan fingerprint density at radius 1 is 0.818 bits per heavy atom. The maximum absolute atomic E-state index is 13.6. The predicted molar refractivity (Wildman–Crippen MR) is 134 cm³/mol. The fraction of sp³-hybridized carbons (Fsp3) is 0.185. The molecule has 5 nitrogen and oxygen atoms in total. The molecule has 0 saturated carbocycles. The Labute approximate surface area is 198 Å². The summed E-state index contributed by atoms with van der Waals surface area (Å²) in [4.78, 5) is 30.7. The molecule has 3 aromatic carbocycles. The average molecular weight is 458 g/mol. The van der Waals surface area contributed by atoms with Crippen molar-refractivity contribution in [3.05, 3.63) is 94.6 Å². The number of amides is 2. The lowest BCUT2D eigenvalue weighted by Gasteiger charge is -2.19. The number of imide groups is 1. The van der Waals surface area contributed by atoms with Gasteiger partial charge in [-0.2, -0.15) is 0 Å². The van der Waals surface area contributed by atoms with E-state index >= 15 is 0 Å². The summed E-state index contributed by atoms with van der Waals surface area (Å²) in [6.07, 6.45) is 2.42. The molecule has 166 valence electrons. The lowest BCUT2D eigenvalue weighted by molar-refractivity contribution is -0.120. The van der Waals surface area contributed by atoms with Crippen LogP contribution in [0.5, 0.6) is 0 Å². The second kappa shape index (κ2) is 8.75. The minimum absolute atomic E-state index is 0.263. The van der Waals surface area contributed by atoms with Crippen molar-refractivity contribution in [3.8, 4) is 0 Å². The van der Waals surface area contributed by atoms with Gasteiger partial charge in [0.2, 0.25) is 0 Å². The smallest absolute Gasteiger partial charge is 0.282 e. The number of rotatable bonds is 5. The van der Waals surface area contributed by atoms with Crippen molar-refractivity contribution in [1.29, 1.82) is 0 Å². The number of halogens is 1. The van der Waals surface area contributed by atoms with E-state index in [9.17, 15) is 9.59 Å². The van der Waals surface area contributed by atoms with Crippen LogP contribution in [0.3, 0.4) is 0 Å². The monoisotopic (exact) mass is 457 g/mol. The predicted octanol–water partition coefficient (Wildman–Crippen LogP) is 5.65. The zero-order valence-corrected chi connectivity index (χ0v) is 19.1. The zero-order valence-electron chi connectivity index (χ0n) is 18.3. The summed E-state index contributed by atoms with van der Waals surface area (Å²) in [6, 6.07) is 22.5. The number of hydrogen-bond donors (Lipinski definition) is 1. The van der Waals surface area contributed by atoms with Gasteiger partial charge in [-0.25, -0.2) is 4.90 Å². The third-order valence-corrected chi connectivity index (χ3v) is 6.64. The van der Waals surface area contributed by atoms with Crippen molar-refractivity contribution in [2.45, 2.75) is 19.8 Å². The number of hydrogen-bond acceptors (Lipinski definition) is 4. The van der Waals surface area contributed by atoms with Gasteiger partial charge in [-0.3, -0.25) is 9.59 Å². The van der Waals surface area contributed by atoms with E-state index in [1.54, 1.807) is 18.2 Å². The molecular weight excluding hydrogens is 434 g/mol. The molecule has 1 N–H and O–H groups in total. The van der Waals surface area contributed by atoms with Gasteiger partial charge in [0.15, 0.2) is 0 Å². The summed E-state index contributed by atoms with van der Waals surface area (Å²) in [6.45, 7) is 3.94. The van der Waals surface area contributed by atoms with Crippen molar-refractivity contribution < 1.29 is 9.59 Å². The minimum Gasteiger partial charge on any atom is -0.372 e. The maximum atomic E-state index is 13.6. The van der Waals surface area contributed by atoms with Crippen molar-refractivity contribution in [3.63, 3.8) is 0 Å². The number of anilines is 3. The van der Waals surface area contributed by atoms with E-state index in [2.05, 4.69) is 22.3 Å².